The van der Waals surface area contributed by atoms with Crippen molar-refractivity contribution >= 4 is 12.4 Å². The van der Waals surface area contributed by atoms with E-state index in [-0.39, 0.29) is 17.4 Å². The van der Waals surface area contributed by atoms with Gasteiger partial charge in [0.05, 0.1) is 6.04 Å². The number of likely N-dealkylation sites (N-methyl/N-ethyl adjacent to an activating group) is 1. The number of rotatable bonds is 9. The van der Waals surface area contributed by atoms with Crippen molar-refractivity contribution in [1.82, 2.24) is 15.1 Å². The zero-order valence-corrected chi connectivity index (χ0v) is 20.3. The molecule has 0 spiro atoms. The van der Waals surface area contributed by atoms with Crippen LogP contribution in [0.3, 0.4) is 0 Å². The molecule has 1 aliphatic carbocycles. The van der Waals surface area contributed by atoms with Crippen LogP contribution in [-0.2, 0) is 11.3 Å². The summed E-state index contributed by atoms with van der Waals surface area (Å²) >= 11 is 0. The standard InChI is InChI=1S/C26H41N3O3/c1-18(13-21(17-30)28(5)25(31)32)24(26(2,3)4)27-23-12-11-20-15-29(16-22(20)23)14-19-9-7-6-8-10-19/h6-10,17-18,20-24,27H,11-16H2,1-5H3,(H,31,32)/t18?,20-,21?,22+,23+,24?/m1/s1. The molecule has 178 valence electrons. The molecule has 6 heteroatoms. The molecule has 6 nitrogen and oxygen atoms in total. The van der Waals surface area contributed by atoms with Crippen molar-refractivity contribution in [3.8, 4) is 0 Å². The Hall–Kier alpha value is -1.92. The molecule has 2 aliphatic rings. The summed E-state index contributed by atoms with van der Waals surface area (Å²) in [4.78, 5) is 26.7. The first-order valence-electron chi connectivity index (χ1n) is 12.0. The van der Waals surface area contributed by atoms with Gasteiger partial charge in [-0.25, -0.2) is 4.79 Å². The molecule has 2 N–H and O–H groups in total. The van der Waals surface area contributed by atoms with Crippen molar-refractivity contribution in [3.63, 3.8) is 0 Å². The number of carboxylic acid groups (broad SMARTS) is 1. The van der Waals surface area contributed by atoms with E-state index in [1.807, 2.05) is 0 Å². The first kappa shape index (κ1) is 24.7. The van der Waals surface area contributed by atoms with E-state index >= 15 is 0 Å². The van der Waals surface area contributed by atoms with Gasteiger partial charge >= 0.3 is 6.09 Å². The predicted octanol–water partition coefficient (Wildman–Crippen LogP) is 4.10. The maximum Gasteiger partial charge on any atom is 0.407 e. The Kier molecular flexibility index (Phi) is 7.99. The van der Waals surface area contributed by atoms with E-state index in [1.165, 1.54) is 32.0 Å². The summed E-state index contributed by atoms with van der Waals surface area (Å²) in [5.41, 5.74) is 1.38. The highest BCUT2D eigenvalue weighted by Crippen LogP contribution is 2.40. The van der Waals surface area contributed by atoms with Crippen LogP contribution in [0.2, 0.25) is 0 Å². The maximum atomic E-state index is 11.6. The zero-order valence-electron chi connectivity index (χ0n) is 20.3. The molecular formula is C26H41N3O3. The second kappa shape index (κ2) is 10.3. The monoisotopic (exact) mass is 443 g/mol. The first-order valence-corrected chi connectivity index (χ1v) is 12.0. The molecule has 0 radical (unpaired) electrons. The van der Waals surface area contributed by atoms with Crippen LogP contribution in [0.4, 0.5) is 4.79 Å². The zero-order chi connectivity index (χ0) is 23.5. The van der Waals surface area contributed by atoms with Crippen LogP contribution >= 0.6 is 0 Å². The minimum Gasteiger partial charge on any atom is -0.465 e. The van der Waals surface area contributed by atoms with Gasteiger partial charge in [-0.15, -0.1) is 0 Å². The average Bonchev–Trinajstić information content (AvgIpc) is 3.29. The summed E-state index contributed by atoms with van der Waals surface area (Å²) in [6.45, 7) is 12.2. The second-order valence-corrected chi connectivity index (χ2v) is 11.1. The smallest absolute Gasteiger partial charge is 0.407 e. The predicted molar refractivity (Wildman–Crippen MR) is 128 cm³/mol. The Labute approximate surface area is 193 Å². The Bertz CT molecular complexity index is 763. The first-order chi connectivity index (χ1) is 15.1. The molecule has 3 rings (SSSR count). The highest BCUT2D eigenvalue weighted by Gasteiger charge is 2.44. The van der Waals surface area contributed by atoms with E-state index in [9.17, 15) is 14.7 Å². The van der Waals surface area contributed by atoms with E-state index in [1.54, 1.807) is 0 Å². The van der Waals surface area contributed by atoms with Crippen molar-refractivity contribution < 1.29 is 14.7 Å². The van der Waals surface area contributed by atoms with E-state index in [0.29, 0.717) is 18.4 Å². The summed E-state index contributed by atoms with van der Waals surface area (Å²) in [5, 5.41) is 13.3. The van der Waals surface area contributed by atoms with Crippen molar-refractivity contribution in [3.05, 3.63) is 35.9 Å². The third-order valence-electron chi connectivity index (χ3n) is 7.65. The molecular weight excluding hydrogens is 402 g/mol. The van der Waals surface area contributed by atoms with Gasteiger partial charge < -0.3 is 20.1 Å². The molecule has 32 heavy (non-hydrogen) atoms. The summed E-state index contributed by atoms with van der Waals surface area (Å²) < 4.78 is 0. The summed E-state index contributed by atoms with van der Waals surface area (Å²) in [7, 11) is 1.48. The lowest BCUT2D eigenvalue weighted by atomic mass is 9.76. The second-order valence-electron chi connectivity index (χ2n) is 11.1. The van der Waals surface area contributed by atoms with Gasteiger partial charge in [0.15, 0.2) is 0 Å². The molecule has 1 amide bonds. The highest BCUT2D eigenvalue weighted by molar-refractivity contribution is 5.71. The van der Waals surface area contributed by atoms with Crippen LogP contribution in [0.5, 0.6) is 0 Å². The third-order valence-corrected chi connectivity index (χ3v) is 7.65. The number of aldehydes is 1. The van der Waals surface area contributed by atoms with Gasteiger partial charge in [0.25, 0.3) is 0 Å². The molecule has 1 saturated carbocycles. The van der Waals surface area contributed by atoms with Crippen LogP contribution in [0, 0.1) is 23.2 Å². The lowest BCUT2D eigenvalue weighted by molar-refractivity contribution is -0.112. The molecule has 1 aliphatic heterocycles. The van der Waals surface area contributed by atoms with E-state index in [0.717, 1.165) is 30.2 Å². The normalized spacial score (nSPS) is 26.3. The Morgan fingerprint density at radius 1 is 1.25 bits per heavy atom. The van der Waals surface area contributed by atoms with E-state index in [2.05, 4.69) is 68.2 Å². The van der Waals surface area contributed by atoms with Crippen LogP contribution < -0.4 is 5.32 Å². The lowest BCUT2D eigenvalue weighted by Gasteiger charge is -2.41. The van der Waals surface area contributed by atoms with Gasteiger partial charge in [0, 0.05) is 38.8 Å². The van der Waals surface area contributed by atoms with Crippen molar-refractivity contribution in [1.29, 1.82) is 0 Å². The fourth-order valence-electron chi connectivity index (χ4n) is 6.00. The average molecular weight is 444 g/mol. The molecule has 1 saturated heterocycles. The molecule has 1 heterocycles. The summed E-state index contributed by atoms with van der Waals surface area (Å²) in [6.07, 6.45) is 2.70. The summed E-state index contributed by atoms with van der Waals surface area (Å²) in [5.74, 6) is 1.57. The van der Waals surface area contributed by atoms with Crippen molar-refractivity contribution in [2.24, 2.45) is 23.2 Å². The molecule has 6 atom stereocenters. The maximum absolute atomic E-state index is 11.6. The number of fused-ring (bicyclic) bond motifs is 1. The van der Waals surface area contributed by atoms with Crippen LogP contribution in [0.25, 0.3) is 0 Å². The number of benzene rings is 1. The Morgan fingerprint density at radius 2 is 1.94 bits per heavy atom. The largest absolute Gasteiger partial charge is 0.465 e. The SMILES string of the molecule is CC(CC(C=O)N(C)C(=O)O)C(N[C@H]1CC[C@@H]2CN(Cc3ccccc3)C[C@@H]21)C(C)(C)C. The number of likely N-dealkylation sites (tertiary alicyclic amines) is 1. The lowest BCUT2D eigenvalue weighted by Crippen LogP contribution is -2.52. The van der Waals surface area contributed by atoms with Crippen LogP contribution in [-0.4, -0.2) is 65.5 Å². The molecule has 0 bridgehead atoms. The Balaban J connectivity index is 1.64. The highest BCUT2D eigenvalue weighted by atomic mass is 16.4. The fourth-order valence-corrected chi connectivity index (χ4v) is 6.00. The van der Waals surface area contributed by atoms with Gasteiger partial charge in [-0.1, -0.05) is 58.0 Å². The minimum absolute atomic E-state index is 0.00899. The van der Waals surface area contributed by atoms with Crippen LogP contribution in [0.15, 0.2) is 30.3 Å². The molecule has 1 aromatic rings. The van der Waals surface area contributed by atoms with Gasteiger partial charge in [0.2, 0.25) is 0 Å². The number of nitrogens with zero attached hydrogens (tertiary/aromatic N) is 2. The van der Waals surface area contributed by atoms with Gasteiger partial charge in [-0.3, -0.25) is 4.90 Å². The third kappa shape index (κ3) is 5.90. The van der Waals surface area contributed by atoms with E-state index < -0.39 is 12.1 Å². The van der Waals surface area contributed by atoms with Crippen molar-refractivity contribution in [2.45, 2.75) is 71.6 Å². The number of nitrogens with one attached hydrogen (secondary N) is 1. The Morgan fingerprint density at radius 3 is 2.53 bits per heavy atom. The molecule has 0 aromatic heterocycles. The topological polar surface area (TPSA) is 72.9 Å². The number of hydrogen-bond donors (Lipinski definition) is 2. The quantitative estimate of drug-likeness (QED) is 0.562. The number of carbonyl (C=O) groups excluding carboxylic acids is 1. The molecule has 1 aromatic carbocycles. The fraction of sp³-hybridized carbons (Fsp3) is 0.692. The number of carbonyl (C=O) groups is 2. The molecule has 2 fully saturated rings. The van der Waals surface area contributed by atoms with Crippen LogP contribution in [0.1, 0.15) is 52.5 Å². The van der Waals surface area contributed by atoms with Gasteiger partial charge in [-0.05, 0) is 48.0 Å². The summed E-state index contributed by atoms with van der Waals surface area (Å²) in [6, 6.07) is 10.8. The van der Waals surface area contributed by atoms with E-state index in [4.69, 9.17) is 0 Å². The number of amides is 1. The van der Waals surface area contributed by atoms with Crippen molar-refractivity contribution in [2.75, 3.05) is 20.1 Å². The van der Waals surface area contributed by atoms with Gasteiger partial charge in [0.1, 0.15) is 6.29 Å². The minimum atomic E-state index is -1.06. The van der Waals surface area contributed by atoms with Gasteiger partial charge in [-0.2, -0.15) is 0 Å². The molecule has 3 unspecified atom stereocenters. The number of hydrogen-bond acceptors (Lipinski definition) is 4.